The maximum absolute atomic E-state index is 12.3. The molecule has 2 amide bonds. The van der Waals surface area contributed by atoms with Gasteiger partial charge < -0.3 is 25.5 Å². The highest BCUT2D eigenvalue weighted by molar-refractivity contribution is 6.43. The molecule has 28 heavy (non-hydrogen) atoms. The second kappa shape index (κ2) is 10.1. The van der Waals surface area contributed by atoms with E-state index in [0.717, 1.165) is 0 Å². The fourth-order valence-corrected chi connectivity index (χ4v) is 3.03. The number of halogens is 2. The van der Waals surface area contributed by atoms with Gasteiger partial charge in [-0.1, -0.05) is 42.2 Å². The van der Waals surface area contributed by atoms with Crippen molar-refractivity contribution in [1.82, 2.24) is 10.6 Å². The van der Waals surface area contributed by atoms with Gasteiger partial charge in [0.05, 0.1) is 28.8 Å². The van der Waals surface area contributed by atoms with E-state index in [2.05, 4.69) is 15.8 Å². The van der Waals surface area contributed by atoms with E-state index < -0.39 is 31.0 Å². The van der Waals surface area contributed by atoms with Crippen LogP contribution in [0.5, 0.6) is 0 Å². The van der Waals surface area contributed by atoms with Crippen LogP contribution in [0, 0.1) is 5.92 Å². The van der Waals surface area contributed by atoms with Gasteiger partial charge in [-0.3, -0.25) is 9.59 Å². The lowest BCUT2D eigenvalue weighted by Crippen LogP contribution is -2.50. The number of amides is 2. The molecule has 0 aliphatic carbocycles. The number of hydrogen-bond donors (Lipinski definition) is 4. The van der Waals surface area contributed by atoms with Crippen LogP contribution < -0.4 is 10.6 Å². The van der Waals surface area contributed by atoms with Crippen LogP contribution in [0.4, 0.5) is 0 Å². The van der Waals surface area contributed by atoms with Crippen molar-refractivity contribution in [2.45, 2.75) is 38.7 Å². The van der Waals surface area contributed by atoms with E-state index in [4.69, 9.17) is 28.0 Å². The van der Waals surface area contributed by atoms with Gasteiger partial charge in [0.25, 0.3) is 11.8 Å². The van der Waals surface area contributed by atoms with Crippen molar-refractivity contribution in [3.63, 3.8) is 0 Å². The van der Waals surface area contributed by atoms with Crippen molar-refractivity contribution in [2.24, 2.45) is 11.1 Å². The predicted molar refractivity (Wildman–Crippen MR) is 107 cm³/mol. The quantitative estimate of drug-likeness (QED) is 0.465. The number of carbonyl (C=O) groups excluding carboxylic acids is 2. The molecule has 0 radical (unpaired) electrons. The Morgan fingerprint density at radius 2 is 2.07 bits per heavy atom. The van der Waals surface area contributed by atoms with E-state index in [0.29, 0.717) is 17.2 Å². The van der Waals surface area contributed by atoms with Crippen molar-refractivity contribution in [3.8, 4) is 0 Å². The zero-order chi connectivity index (χ0) is 20.8. The number of hydrogen-bond acceptors (Lipinski definition) is 6. The molecule has 152 valence electrons. The molecule has 11 heteroatoms. The summed E-state index contributed by atoms with van der Waals surface area (Å²) >= 11 is 11.9. The van der Waals surface area contributed by atoms with Crippen LogP contribution in [-0.4, -0.2) is 53.3 Å². The summed E-state index contributed by atoms with van der Waals surface area (Å²) < 4.78 is 0. The Labute approximate surface area is 173 Å². The van der Waals surface area contributed by atoms with Gasteiger partial charge in [0.2, 0.25) is 6.10 Å². The van der Waals surface area contributed by atoms with Gasteiger partial charge in [0.1, 0.15) is 0 Å². The monoisotopic (exact) mass is 429 g/mol. The molecule has 0 bridgehead atoms. The van der Waals surface area contributed by atoms with Gasteiger partial charge in [-0.2, -0.15) is 0 Å². The average molecular weight is 430 g/mol. The summed E-state index contributed by atoms with van der Waals surface area (Å²) in [7, 11) is -1.67. The van der Waals surface area contributed by atoms with Crippen LogP contribution >= 0.6 is 23.2 Å². The van der Waals surface area contributed by atoms with E-state index >= 15 is 0 Å². The van der Waals surface area contributed by atoms with Gasteiger partial charge in [0, 0.05) is 11.4 Å². The van der Waals surface area contributed by atoms with E-state index in [9.17, 15) is 19.6 Å². The number of nitrogens with zero attached hydrogens (tertiary/aromatic N) is 1. The van der Waals surface area contributed by atoms with E-state index in [1.54, 1.807) is 6.07 Å². The molecule has 0 aromatic heterocycles. The summed E-state index contributed by atoms with van der Waals surface area (Å²) in [6, 6.07) is 4.56. The molecule has 1 heterocycles. The van der Waals surface area contributed by atoms with E-state index in [1.165, 1.54) is 12.1 Å². The fourth-order valence-electron chi connectivity index (χ4n) is 2.66. The Morgan fingerprint density at radius 1 is 1.36 bits per heavy atom. The number of carbonyl (C=O) groups is 2. The highest BCUT2D eigenvalue weighted by Crippen LogP contribution is 2.20. The van der Waals surface area contributed by atoms with Gasteiger partial charge in [-0.25, -0.2) is 0 Å². The van der Waals surface area contributed by atoms with Crippen LogP contribution in [0.2, 0.25) is 10.0 Å². The first-order valence-corrected chi connectivity index (χ1v) is 9.54. The first kappa shape index (κ1) is 22.5. The minimum atomic E-state index is -1.67. The Hall–Kier alpha value is -1.81. The van der Waals surface area contributed by atoms with E-state index in [-0.39, 0.29) is 29.5 Å². The third kappa shape index (κ3) is 6.37. The minimum Gasteiger partial charge on any atom is -0.426 e. The largest absolute Gasteiger partial charge is 0.475 e. The zero-order valence-corrected chi connectivity index (χ0v) is 17.0. The number of benzene rings is 1. The predicted octanol–water partition coefficient (Wildman–Crippen LogP) is 1.41. The summed E-state index contributed by atoms with van der Waals surface area (Å²) in [4.78, 5) is 29.6. The second-order valence-electron chi connectivity index (χ2n) is 6.92. The maximum Gasteiger partial charge on any atom is 0.475 e. The molecular weight excluding hydrogens is 408 g/mol. The zero-order valence-electron chi connectivity index (χ0n) is 15.5. The molecule has 1 aromatic carbocycles. The minimum absolute atomic E-state index is 0.0729. The van der Waals surface area contributed by atoms with Crippen molar-refractivity contribution in [1.29, 1.82) is 0 Å². The van der Waals surface area contributed by atoms with Gasteiger partial charge in [-0.05, 0) is 30.5 Å². The normalized spacial score (nSPS) is 17.0. The smallest absolute Gasteiger partial charge is 0.426 e. The molecule has 2 atom stereocenters. The summed E-state index contributed by atoms with van der Waals surface area (Å²) in [6.07, 6.45) is -0.318. The van der Waals surface area contributed by atoms with Gasteiger partial charge in [-0.15, -0.1) is 0 Å². The van der Waals surface area contributed by atoms with Crippen LogP contribution in [0.25, 0.3) is 0 Å². The van der Waals surface area contributed by atoms with Crippen molar-refractivity contribution in [3.05, 3.63) is 33.8 Å². The molecule has 0 saturated carbocycles. The first-order chi connectivity index (χ1) is 13.2. The van der Waals surface area contributed by atoms with Crippen molar-refractivity contribution >= 4 is 47.8 Å². The van der Waals surface area contributed by atoms with Crippen LogP contribution in [-0.2, 0) is 9.63 Å². The Balaban J connectivity index is 1.85. The lowest BCUT2D eigenvalue weighted by atomic mass is 9.75. The molecule has 1 aromatic rings. The van der Waals surface area contributed by atoms with Crippen molar-refractivity contribution in [2.75, 3.05) is 6.54 Å². The number of nitrogens with one attached hydrogen (secondary N) is 2. The summed E-state index contributed by atoms with van der Waals surface area (Å²) in [5, 5.41) is 28.5. The molecule has 2 rings (SSSR count). The Morgan fingerprint density at radius 3 is 2.71 bits per heavy atom. The third-order valence-corrected chi connectivity index (χ3v) is 4.63. The Bertz CT molecular complexity index is 760. The van der Waals surface area contributed by atoms with Gasteiger partial charge >= 0.3 is 7.12 Å². The topological polar surface area (TPSA) is 120 Å². The first-order valence-electron chi connectivity index (χ1n) is 8.78. The standard InChI is InChI=1S/C17H22BCl2N3O5/c1-9(2)5-15(18(26)27)22-17(25)14-7-11(23-28-14)8-21-16(24)12-6-10(19)3-4-13(12)20/h3-4,6,9,14-15,26-27H,5,7-8H2,1-2H3,(H,21,24)(H,22,25). The van der Waals surface area contributed by atoms with E-state index in [1.807, 2.05) is 13.8 Å². The third-order valence-electron chi connectivity index (χ3n) is 4.06. The molecule has 0 spiro atoms. The number of rotatable bonds is 8. The number of oxime groups is 1. The highest BCUT2D eigenvalue weighted by Gasteiger charge is 2.33. The summed E-state index contributed by atoms with van der Waals surface area (Å²) in [5.74, 6) is -1.56. The summed E-state index contributed by atoms with van der Waals surface area (Å²) in [5.41, 5.74) is 0.702. The lowest BCUT2D eigenvalue weighted by Gasteiger charge is -2.20. The highest BCUT2D eigenvalue weighted by atomic mass is 35.5. The van der Waals surface area contributed by atoms with Crippen LogP contribution in [0.1, 0.15) is 37.0 Å². The second-order valence-corrected chi connectivity index (χ2v) is 7.76. The van der Waals surface area contributed by atoms with Crippen molar-refractivity contribution < 1.29 is 24.5 Å². The molecule has 0 saturated heterocycles. The maximum atomic E-state index is 12.3. The molecule has 1 aliphatic heterocycles. The average Bonchev–Trinajstić information content (AvgIpc) is 3.09. The van der Waals surface area contributed by atoms with Crippen LogP contribution in [0.15, 0.2) is 23.4 Å². The molecule has 2 unspecified atom stereocenters. The fraction of sp³-hybridized carbons (Fsp3) is 0.471. The SMILES string of the molecule is CC(C)CC(NC(=O)C1CC(CNC(=O)c2cc(Cl)ccc2Cl)=NO1)B(O)O. The molecule has 1 aliphatic rings. The van der Waals surface area contributed by atoms with Crippen LogP contribution in [0.3, 0.4) is 0 Å². The molecule has 8 nitrogen and oxygen atoms in total. The van der Waals surface area contributed by atoms with Gasteiger partial charge in [0.15, 0.2) is 0 Å². The molecule has 0 fully saturated rings. The molecular formula is C17H22BCl2N3O5. The summed E-state index contributed by atoms with van der Waals surface area (Å²) in [6.45, 7) is 3.89. The molecule has 4 N–H and O–H groups in total. The Kier molecular flexibility index (Phi) is 8.12. The lowest BCUT2D eigenvalue weighted by molar-refractivity contribution is -0.131.